The fourth-order valence-electron chi connectivity index (χ4n) is 1.96. The molecule has 0 atom stereocenters. The number of aromatic nitrogens is 2. The number of rotatable bonds is 8. The summed E-state index contributed by atoms with van der Waals surface area (Å²) in [5, 5.41) is 3.40. The number of hydrogen-bond donors (Lipinski definition) is 1. The third-order valence-corrected chi connectivity index (χ3v) is 3.29. The van der Waals surface area contributed by atoms with Crippen molar-refractivity contribution in [2.45, 2.75) is 19.9 Å². The second-order valence-corrected chi connectivity index (χ2v) is 5.01. The summed E-state index contributed by atoms with van der Waals surface area (Å²) in [4.78, 5) is 4.27. The average Bonchev–Trinajstić information content (AvgIpc) is 2.90. The van der Waals surface area contributed by atoms with Crippen LogP contribution < -0.4 is 5.32 Å². The van der Waals surface area contributed by atoms with Crippen molar-refractivity contribution in [3.63, 3.8) is 0 Å². The predicted octanol–water partition coefficient (Wildman–Crippen LogP) is 3.56. The molecular weight excluding hydrogens is 293 g/mol. The molecule has 0 aliphatic carbocycles. The first-order chi connectivity index (χ1) is 10.2. The Bertz CT molecular complexity index is 574. The largest absolute Gasteiger partial charge is 0.382 e. The zero-order valence-corrected chi connectivity index (χ0v) is 12.7. The quantitative estimate of drug-likeness (QED) is 0.758. The number of ether oxygens (including phenoxy) is 1. The summed E-state index contributed by atoms with van der Waals surface area (Å²) in [6, 6.07) is 4.74. The molecule has 0 fully saturated rings. The van der Waals surface area contributed by atoms with E-state index in [0.717, 1.165) is 37.7 Å². The molecule has 0 spiro atoms. The minimum Gasteiger partial charge on any atom is -0.382 e. The molecule has 0 bridgehead atoms. The SMILES string of the molecule is CCOCCCNc1nccn1Cc1ccc(F)c(Cl)c1. The van der Waals surface area contributed by atoms with Crippen molar-refractivity contribution in [3.8, 4) is 0 Å². The van der Waals surface area contributed by atoms with Gasteiger partial charge < -0.3 is 14.6 Å². The molecule has 114 valence electrons. The van der Waals surface area contributed by atoms with E-state index in [1.807, 2.05) is 17.7 Å². The lowest BCUT2D eigenvalue weighted by Crippen LogP contribution is -2.11. The maximum absolute atomic E-state index is 13.1. The number of nitrogens with zero attached hydrogens (tertiary/aromatic N) is 2. The molecule has 4 nitrogen and oxygen atoms in total. The molecule has 6 heteroatoms. The summed E-state index contributed by atoms with van der Waals surface area (Å²) in [5.41, 5.74) is 0.928. The van der Waals surface area contributed by atoms with Crippen molar-refractivity contribution in [3.05, 3.63) is 47.0 Å². The normalized spacial score (nSPS) is 10.8. The van der Waals surface area contributed by atoms with Crippen molar-refractivity contribution in [1.82, 2.24) is 9.55 Å². The van der Waals surface area contributed by atoms with Gasteiger partial charge in [-0.2, -0.15) is 0 Å². The lowest BCUT2D eigenvalue weighted by molar-refractivity contribution is 0.147. The van der Waals surface area contributed by atoms with Gasteiger partial charge in [0.25, 0.3) is 0 Å². The van der Waals surface area contributed by atoms with Crippen molar-refractivity contribution >= 4 is 17.5 Å². The van der Waals surface area contributed by atoms with Gasteiger partial charge >= 0.3 is 0 Å². The van der Waals surface area contributed by atoms with Gasteiger partial charge in [-0.05, 0) is 31.0 Å². The van der Waals surface area contributed by atoms with Crippen LogP contribution in [0.25, 0.3) is 0 Å². The minimum absolute atomic E-state index is 0.138. The number of hydrogen-bond acceptors (Lipinski definition) is 3. The fraction of sp³-hybridized carbons (Fsp3) is 0.400. The van der Waals surface area contributed by atoms with Crippen LogP contribution in [-0.2, 0) is 11.3 Å². The Hall–Kier alpha value is -1.59. The number of anilines is 1. The summed E-state index contributed by atoms with van der Waals surface area (Å²) >= 11 is 5.80. The van der Waals surface area contributed by atoms with E-state index < -0.39 is 5.82 Å². The van der Waals surface area contributed by atoms with Crippen molar-refractivity contribution in [1.29, 1.82) is 0 Å². The average molecular weight is 312 g/mol. The molecule has 0 radical (unpaired) electrons. The van der Waals surface area contributed by atoms with Gasteiger partial charge in [-0.25, -0.2) is 9.37 Å². The molecular formula is C15H19ClFN3O. The zero-order valence-electron chi connectivity index (χ0n) is 12.0. The van der Waals surface area contributed by atoms with Crippen molar-refractivity contribution < 1.29 is 9.13 Å². The standard InChI is InChI=1S/C15H19ClFN3O/c1-2-21-9-3-6-18-15-19-7-8-20(15)11-12-4-5-14(17)13(16)10-12/h4-5,7-8,10H,2-3,6,9,11H2,1H3,(H,18,19). The smallest absolute Gasteiger partial charge is 0.203 e. The highest BCUT2D eigenvalue weighted by atomic mass is 35.5. The highest BCUT2D eigenvalue weighted by Gasteiger charge is 2.05. The second-order valence-electron chi connectivity index (χ2n) is 4.60. The van der Waals surface area contributed by atoms with Crippen LogP contribution in [0.2, 0.25) is 5.02 Å². The van der Waals surface area contributed by atoms with Crippen LogP contribution in [0.1, 0.15) is 18.9 Å². The third-order valence-electron chi connectivity index (χ3n) is 3.01. The van der Waals surface area contributed by atoms with E-state index in [0.29, 0.717) is 6.54 Å². The zero-order chi connectivity index (χ0) is 15.1. The Morgan fingerprint density at radius 3 is 3.05 bits per heavy atom. The van der Waals surface area contributed by atoms with E-state index in [2.05, 4.69) is 10.3 Å². The Kier molecular flexibility index (Phi) is 6.02. The Labute approximate surface area is 128 Å². The number of nitrogens with one attached hydrogen (secondary N) is 1. The first kappa shape index (κ1) is 15.8. The summed E-state index contributed by atoms with van der Waals surface area (Å²) in [6.07, 6.45) is 4.53. The summed E-state index contributed by atoms with van der Waals surface area (Å²) < 4.78 is 20.4. The predicted molar refractivity (Wildman–Crippen MR) is 82.3 cm³/mol. The molecule has 1 N–H and O–H groups in total. The molecule has 2 rings (SSSR count). The molecule has 2 aromatic rings. The minimum atomic E-state index is -0.402. The Morgan fingerprint density at radius 2 is 2.29 bits per heavy atom. The monoisotopic (exact) mass is 311 g/mol. The first-order valence-corrected chi connectivity index (χ1v) is 7.35. The maximum Gasteiger partial charge on any atom is 0.203 e. The molecule has 0 aliphatic heterocycles. The van der Waals surface area contributed by atoms with Gasteiger partial charge in [-0.3, -0.25) is 0 Å². The summed E-state index contributed by atoms with van der Waals surface area (Å²) in [7, 11) is 0. The number of benzene rings is 1. The van der Waals surface area contributed by atoms with Crippen LogP contribution in [0, 0.1) is 5.82 Å². The molecule has 1 aromatic heterocycles. The topological polar surface area (TPSA) is 39.1 Å². The van der Waals surface area contributed by atoms with Crippen LogP contribution in [0.5, 0.6) is 0 Å². The third kappa shape index (κ3) is 4.72. The molecule has 1 heterocycles. The van der Waals surface area contributed by atoms with Crippen molar-refractivity contribution in [2.75, 3.05) is 25.1 Å². The first-order valence-electron chi connectivity index (χ1n) is 6.97. The van der Waals surface area contributed by atoms with Gasteiger partial charge in [-0.15, -0.1) is 0 Å². The Morgan fingerprint density at radius 1 is 1.43 bits per heavy atom. The molecule has 0 unspecified atom stereocenters. The van der Waals surface area contributed by atoms with E-state index in [1.54, 1.807) is 18.3 Å². The van der Waals surface area contributed by atoms with Gasteiger partial charge in [-0.1, -0.05) is 17.7 Å². The van der Waals surface area contributed by atoms with Crippen LogP contribution in [0.15, 0.2) is 30.6 Å². The molecule has 1 aromatic carbocycles. The van der Waals surface area contributed by atoms with E-state index >= 15 is 0 Å². The molecule has 21 heavy (non-hydrogen) atoms. The highest BCUT2D eigenvalue weighted by molar-refractivity contribution is 6.30. The van der Waals surface area contributed by atoms with E-state index in [1.165, 1.54) is 6.07 Å². The van der Waals surface area contributed by atoms with Crippen molar-refractivity contribution in [2.24, 2.45) is 0 Å². The van der Waals surface area contributed by atoms with Gasteiger partial charge in [0, 0.05) is 32.2 Å². The van der Waals surface area contributed by atoms with Gasteiger partial charge in [0.15, 0.2) is 0 Å². The lowest BCUT2D eigenvalue weighted by atomic mass is 10.2. The van der Waals surface area contributed by atoms with Crippen LogP contribution in [0.4, 0.5) is 10.3 Å². The molecule has 0 aliphatic rings. The van der Waals surface area contributed by atoms with E-state index in [-0.39, 0.29) is 5.02 Å². The Balaban J connectivity index is 1.92. The molecule has 0 amide bonds. The molecule has 0 saturated carbocycles. The van der Waals surface area contributed by atoms with Crippen LogP contribution >= 0.6 is 11.6 Å². The maximum atomic E-state index is 13.1. The van der Waals surface area contributed by atoms with Gasteiger partial charge in [0.2, 0.25) is 5.95 Å². The molecule has 0 saturated heterocycles. The lowest BCUT2D eigenvalue weighted by Gasteiger charge is -2.10. The number of halogens is 2. The van der Waals surface area contributed by atoms with Crippen LogP contribution in [-0.4, -0.2) is 29.3 Å². The number of imidazole rings is 1. The summed E-state index contributed by atoms with van der Waals surface area (Å²) in [5.74, 6) is 0.382. The fourth-order valence-corrected chi connectivity index (χ4v) is 2.16. The summed E-state index contributed by atoms with van der Waals surface area (Å²) in [6.45, 7) is 4.83. The van der Waals surface area contributed by atoms with Gasteiger partial charge in [0.05, 0.1) is 11.6 Å². The van der Waals surface area contributed by atoms with Gasteiger partial charge in [0.1, 0.15) is 5.82 Å². The van der Waals surface area contributed by atoms with Crippen LogP contribution in [0.3, 0.4) is 0 Å². The van der Waals surface area contributed by atoms with E-state index in [9.17, 15) is 4.39 Å². The second kappa shape index (κ2) is 8.00. The highest BCUT2D eigenvalue weighted by Crippen LogP contribution is 2.18. The van der Waals surface area contributed by atoms with E-state index in [4.69, 9.17) is 16.3 Å².